The normalized spacial score (nSPS) is 23.1. The maximum absolute atomic E-state index is 6.01. The Kier molecular flexibility index (Phi) is 10.0. The van der Waals surface area contributed by atoms with E-state index in [4.69, 9.17) is 9.73 Å². The Labute approximate surface area is 184 Å². The van der Waals surface area contributed by atoms with Crippen molar-refractivity contribution in [1.82, 2.24) is 15.6 Å². The molecule has 5 nitrogen and oxygen atoms in total. The SMILES string of the molecule is CCNC(=NCc1ccnc(OC2CCCC2)c1)NC1CCC(SC)C1.I. The van der Waals surface area contributed by atoms with Crippen molar-refractivity contribution < 1.29 is 4.74 Å². The standard InChI is InChI=1S/C20H32N4OS.HI/c1-3-21-20(24-16-8-9-18(13-16)26-2)23-14-15-10-11-22-19(12-15)25-17-6-4-5-7-17;/h10-12,16-18H,3-9,13-14H2,1-2H3,(H2,21,23,24);1H. The second-order valence-electron chi connectivity index (χ2n) is 7.23. The summed E-state index contributed by atoms with van der Waals surface area (Å²) in [5, 5.41) is 7.76. The van der Waals surface area contributed by atoms with Crippen LogP contribution in [0.25, 0.3) is 0 Å². The maximum atomic E-state index is 6.01. The summed E-state index contributed by atoms with van der Waals surface area (Å²) in [6.07, 6.45) is 13.0. The van der Waals surface area contributed by atoms with Crippen molar-refractivity contribution >= 4 is 41.7 Å². The van der Waals surface area contributed by atoms with Crippen molar-refractivity contribution in [3.05, 3.63) is 23.9 Å². The summed E-state index contributed by atoms with van der Waals surface area (Å²) in [6.45, 7) is 3.62. The van der Waals surface area contributed by atoms with Gasteiger partial charge in [-0.05, 0) is 69.8 Å². The zero-order valence-corrected chi connectivity index (χ0v) is 19.6. The number of hydrogen-bond acceptors (Lipinski definition) is 4. The minimum atomic E-state index is 0. The fourth-order valence-electron chi connectivity index (χ4n) is 3.76. The van der Waals surface area contributed by atoms with Gasteiger partial charge in [0.15, 0.2) is 5.96 Å². The molecule has 2 aliphatic rings. The number of rotatable bonds is 7. The first-order chi connectivity index (χ1) is 12.8. The number of guanidine groups is 1. The molecule has 2 aliphatic carbocycles. The van der Waals surface area contributed by atoms with E-state index in [1.54, 1.807) is 0 Å². The van der Waals surface area contributed by atoms with Crippen LogP contribution in [0.3, 0.4) is 0 Å². The van der Waals surface area contributed by atoms with Gasteiger partial charge in [0.1, 0.15) is 6.10 Å². The lowest BCUT2D eigenvalue weighted by molar-refractivity contribution is 0.201. The summed E-state index contributed by atoms with van der Waals surface area (Å²) >= 11 is 1.98. The smallest absolute Gasteiger partial charge is 0.213 e. The number of ether oxygens (including phenoxy) is 1. The molecule has 0 radical (unpaired) electrons. The third-order valence-corrected chi connectivity index (χ3v) is 6.31. The molecule has 7 heteroatoms. The summed E-state index contributed by atoms with van der Waals surface area (Å²) in [5.41, 5.74) is 1.14. The van der Waals surface area contributed by atoms with Gasteiger partial charge in [-0.15, -0.1) is 24.0 Å². The van der Waals surface area contributed by atoms with Crippen molar-refractivity contribution in [2.24, 2.45) is 4.99 Å². The molecule has 3 rings (SSSR count). The lowest BCUT2D eigenvalue weighted by Gasteiger charge is -2.17. The van der Waals surface area contributed by atoms with Gasteiger partial charge in [-0.25, -0.2) is 9.98 Å². The van der Waals surface area contributed by atoms with E-state index in [1.807, 2.05) is 30.1 Å². The first-order valence-electron chi connectivity index (χ1n) is 9.96. The monoisotopic (exact) mass is 504 g/mol. The van der Waals surface area contributed by atoms with E-state index in [1.165, 1.54) is 32.1 Å². The van der Waals surface area contributed by atoms with Gasteiger partial charge in [0.05, 0.1) is 6.54 Å². The summed E-state index contributed by atoms with van der Waals surface area (Å²) in [6, 6.07) is 4.59. The molecule has 2 N–H and O–H groups in total. The predicted octanol–water partition coefficient (Wildman–Crippen LogP) is 4.36. The molecule has 1 aromatic rings. The van der Waals surface area contributed by atoms with E-state index in [2.05, 4.69) is 28.8 Å². The summed E-state index contributed by atoms with van der Waals surface area (Å²) < 4.78 is 6.01. The number of halogens is 1. The molecule has 0 saturated heterocycles. The zero-order valence-electron chi connectivity index (χ0n) is 16.4. The number of nitrogens with one attached hydrogen (secondary N) is 2. The lowest BCUT2D eigenvalue weighted by Crippen LogP contribution is -2.42. The minimum Gasteiger partial charge on any atom is -0.474 e. The van der Waals surface area contributed by atoms with Crippen LogP contribution < -0.4 is 15.4 Å². The highest BCUT2D eigenvalue weighted by Crippen LogP contribution is 2.28. The molecule has 2 atom stereocenters. The largest absolute Gasteiger partial charge is 0.474 e. The molecule has 2 fully saturated rings. The average molecular weight is 504 g/mol. The van der Waals surface area contributed by atoms with E-state index in [-0.39, 0.29) is 24.0 Å². The summed E-state index contributed by atoms with van der Waals surface area (Å²) in [5.74, 6) is 1.65. The molecular formula is C20H33IN4OS. The molecule has 1 heterocycles. The van der Waals surface area contributed by atoms with Crippen molar-refractivity contribution in [2.45, 2.75) is 75.8 Å². The fraction of sp³-hybridized carbons (Fsp3) is 0.700. The van der Waals surface area contributed by atoms with Gasteiger partial charge in [0.25, 0.3) is 0 Å². The van der Waals surface area contributed by atoms with E-state index in [9.17, 15) is 0 Å². The van der Waals surface area contributed by atoms with Gasteiger partial charge < -0.3 is 15.4 Å². The lowest BCUT2D eigenvalue weighted by atomic mass is 10.2. The highest BCUT2D eigenvalue weighted by molar-refractivity contribution is 14.0. The Morgan fingerprint density at radius 2 is 2.11 bits per heavy atom. The van der Waals surface area contributed by atoms with Crippen LogP contribution in [0.5, 0.6) is 5.88 Å². The van der Waals surface area contributed by atoms with Crippen LogP contribution in [0.4, 0.5) is 0 Å². The van der Waals surface area contributed by atoms with Gasteiger partial charge >= 0.3 is 0 Å². The average Bonchev–Trinajstić information content (AvgIpc) is 3.32. The number of hydrogen-bond donors (Lipinski definition) is 2. The molecule has 152 valence electrons. The van der Waals surface area contributed by atoms with Gasteiger partial charge in [0, 0.05) is 30.1 Å². The van der Waals surface area contributed by atoms with Gasteiger partial charge in [0.2, 0.25) is 5.88 Å². The van der Waals surface area contributed by atoms with Gasteiger partial charge in [-0.1, -0.05) is 0 Å². The number of thioether (sulfide) groups is 1. The van der Waals surface area contributed by atoms with Crippen molar-refractivity contribution in [3.63, 3.8) is 0 Å². The molecule has 2 unspecified atom stereocenters. The number of pyridine rings is 1. The van der Waals surface area contributed by atoms with E-state index in [0.717, 1.165) is 42.0 Å². The van der Waals surface area contributed by atoms with Gasteiger partial charge in [-0.3, -0.25) is 0 Å². The van der Waals surface area contributed by atoms with Crippen molar-refractivity contribution in [3.8, 4) is 5.88 Å². The Morgan fingerprint density at radius 1 is 1.30 bits per heavy atom. The van der Waals surface area contributed by atoms with Crippen LogP contribution >= 0.6 is 35.7 Å². The molecule has 1 aromatic heterocycles. The van der Waals surface area contributed by atoms with Crippen LogP contribution in [0, 0.1) is 0 Å². The Hall–Kier alpha value is -0.700. The molecule has 2 saturated carbocycles. The van der Waals surface area contributed by atoms with Crippen LogP contribution in [0.1, 0.15) is 57.4 Å². The molecule has 0 bridgehead atoms. The summed E-state index contributed by atoms with van der Waals surface area (Å²) in [7, 11) is 0. The molecule has 0 amide bonds. The third kappa shape index (κ3) is 7.33. The predicted molar refractivity (Wildman–Crippen MR) is 125 cm³/mol. The minimum absolute atomic E-state index is 0. The first kappa shape index (κ1) is 22.6. The fourth-order valence-corrected chi connectivity index (χ4v) is 4.56. The second kappa shape index (κ2) is 12.0. The highest BCUT2D eigenvalue weighted by Gasteiger charge is 2.24. The quantitative estimate of drug-likeness (QED) is 0.328. The molecule has 27 heavy (non-hydrogen) atoms. The number of nitrogens with zero attached hydrogens (tertiary/aromatic N) is 2. The molecule has 0 aromatic carbocycles. The Morgan fingerprint density at radius 3 is 2.81 bits per heavy atom. The topological polar surface area (TPSA) is 58.5 Å². The number of aliphatic imine (C=N–C) groups is 1. The second-order valence-corrected chi connectivity index (χ2v) is 8.37. The van der Waals surface area contributed by atoms with Crippen molar-refractivity contribution in [2.75, 3.05) is 12.8 Å². The van der Waals surface area contributed by atoms with E-state index >= 15 is 0 Å². The Bertz CT molecular complexity index is 595. The van der Waals surface area contributed by atoms with Gasteiger partial charge in [-0.2, -0.15) is 11.8 Å². The maximum Gasteiger partial charge on any atom is 0.213 e. The molecular weight excluding hydrogens is 471 g/mol. The zero-order chi connectivity index (χ0) is 18.2. The molecule has 0 aliphatic heterocycles. The Balaban J connectivity index is 0.00000261. The van der Waals surface area contributed by atoms with Crippen LogP contribution in [0.2, 0.25) is 0 Å². The van der Waals surface area contributed by atoms with Crippen LogP contribution in [-0.4, -0.2) is 41.1 Å². The summed E-state index contributed by atoms with van der Waals surface area (Å²) in [4.78, 5) is 9.14. The van der Waals surface area contributed by atoms with Crippen LogP contribution in [-0.2, 0) is 6.54 Å². The molecule has 0 spiro atoms. The van der Waals surface area contributed by atoms with Crippen LogP contribution in [0.15, 0.2) is 23.3 Å². The van der Waals surface area contributed by atoms with E-state index in [0.29, 0.717) is 18.7 Å². The highest BCUT2D eigenvalue weighted by atomic mass is 127. The third-order valence-electron chi connectivity index (χ3n) is 5.21. The number of aromatic nitrogens is 1. The first-order valence-corrected chi connectivity index (χ1v) is 11.2. The van der Waals surface area contributed by atoms with E-state index < -0.39 is 0 Å². The van der Waals surface area contributed by atoms with Crippen molar-refractivity contribution in [1.29, 1.82) is 0 Å².